The van der Waals surface area contributed by atoms with E-state index in [4.69, 9.17) is 4.42 Å². The third-order valence-electron chi connectivity index (χ3n) is 3.08. The summed E-state index contributed by atoms with van der Waals surface area (Å²) in [6, 6.07) is 4.10. The molecule has 0 atom stereocenters. The molecule has 0 bridgehead atoms. The molecular weight excluding hydrogens is 226 g/mol. The first kappa shape index (κ1) is 12.9. The van der Waals surface area contributed by atoms with Crippen LogP contribution in [-0.2, 0) is 13.1 Å². The molecule has 2 aromatic heterocycles. The van der Waals surface area contributed by atoms with Crippen molar-refractivity contribution in [2.45, 2.75) is 40.3 Å². The highest BCUT2D eigenvalue weighted by Crippen LogP contribution is 2.07. The molecule has 0 saturated heterocycles. The molecule has 0 amide bonds. The van der Waals surface area contributed by atoms with Crippen molar-refractivity contribution in [3.8, 4) is 0 Å². The second-order valence-electron chi connectivity index (χ2n) is 4.71. The quantitative estimate of drug-likeness (QED) is 0.798. The number of hydrogen-bond acceptors (Lipinski definition) is 3. The first-order valence-corrected chi connectivity index (χ1v) is 6.41. The lowest BCUT2D eigenvalue weighted by atomic mass is 10.3. The van der Waals surface area contributed by atoms with Crippen molar-refractivity contribution < 1.29 is 4.42 Å². The highest BCUT2D eigenvalue weighted by atomic mass is 16.3. The predicted octanol–water partition coefficient (Wildman–Crippen LogP) is 2.58. The van der Waals surface area contributed by atoms with Gasteiger partial charge in [0.25, 0.3) is 0 Å². The van der Waals surface area contributed by atoms with Gasteiger partial charge in [-0.05, 0) is 51.4 Å². The molecule has 4 nitrogen and oxygen atoms in total. The molecule has 0 aromatic carbocycles. The molecule has 2 heterocycles. The largest absolute Gasteiger partial charge is 0.468 e. The van der Waals surface area contributed by atoms with Crippen molar-refractivity contribution in [1.29, 1.82) is 0 Å². The van der Waals surface area contributed by atoms with Crippen LogP contribution >= 0.6 is 0 Å². The number of nitrogens with one attached hydrogen (secondary N) is 1. The second-order valence-corrected chi connectivity index (χ2v) is 4.71. The van der Waals surface area contributed by atoms with Gasteiger partial charge in [-0.2, -0.15) is 5.10 Å². The highest BCUT2D eigenvalue weighted by molar-refractivity contribution is 5.14. The van der Waals surface area contributed by atoms with Gasteiger partial charge in [0.1, 0.15) is 5.76 Å². The molecule has 0 spiro atoms. The smallest absolute Gasteiger partial charge is 0.120 e. The fourth-order valence-corrected chi connectivity index (χ4v) is 2.04. The molecule has 2 rings (SSSR count). The van der Waals surface area contributed by atoms with Gasteiger partial charge in [0.15, 0.2) is 0 Å². The first-order valence-electron chi connectivity index (χ1n) is 6.41. The number of aromatic nitrogens is 2. The van der Waals surface area contributed by atoms with Crippen LogP contribution in [-0.4, -0.2) is 16.3 Å². The van der Waals surface area contributed by atoms with Crippen molar-refractivity contribution in [3.63, 3.8) is 0 Å². The van der Waals surface area contributed by atoms with Crippen molar-refractivity contribution in [2.24, 2.45) is 0 Å². The zero-order chi connectivity index (χ0) is 13.0. The summed E-state index contributed by atoms with van der Waals surface area (Å²) >= 11 is 0. The molecule has 1 N–H and O–H groups in total. The predicted molar refractivity (Wildman–Crippen MR) is 71.5 cm³/mol. The van der Waals surface area contributed by atoms with Crippen LogP contribution in [0.2, 0.25) is 0 Å². The molecule has 4 heteroatoms. The summed E-state index contributed by atoms with van der Waals surface area (Å²) in [4.78, 5) is 0. The lowest BCUT2D eigenvalue weighted by molar-refractivity contribution is 0.467. The number of furan rings is 1. The average molecular weight is 247 g/mol. The van der Waals surface area contributed by atoms with Crippen LogP contribution in [0.3, 0.4) is 0 Å². The van der Waals surface area contributed by atoms with Crippen molar-refractivity contribution in [1.82, 2.24) is 15.1 Å². The summed E-state index contributed by atoms with van der Waals surface area (Å²) < 4.78 is 7.44. The van der Waals surface area contributed by atoms with Gasteiger partial charge in [-0.15, -0.1) is 0 Å². The Hall–Kier alpha value is -1.55. The molecular formula is C14H21N3O. The van der Waals surface area contributed by atoms with Crippen LogP contribution in [0, 0.1) is 20.8 Å². The van der Waals surface area contributed by atoms with E-state index in [0.29, 0.717) is 0 Å². The molecule has 2 aromatic rings. The fourth-order valence-electron chi connectivity index (χ4n) is 2.04. The van der Waals surface area contributed by atoms with E-state index in [1.165, 1.54) is 11.3 Å². The van der Waals surface area contributed by atoms with E-state index in [1.807, 2.05) is 13.0 Å². The Bertz CT molecular complexity index is 499. The molecule has 0 aliphatic rings. The zero-order valence-electron chi connectivity index (χ0n) is 11.4. The number of rotatable bonds is 6. The molecule has 0 saturated carbocycles. The third kappa shape index (κ3) is 3.23. The van der Waals surface area contributed by atoms with Gasteiger partial charge in [-0.25, -0.2) is 0 Å². The minimum atomic E-state index is 0.802. The Morgan fingerprint density at radius 3 is 2.78 bits per heavy atom. The van der Waals surface area contributed by atoms with Crippen LogP contribution in [0.1, 0.15) is 29.1 Å². The van der Waals surface area contributed by atoms with E-state index in [-0.39, 0.29) is 0 Å². The lowest BCUT2D eigenvalue weighted by Gasteiger charge is -2.05. The van der Waals surface area contributed by atoms with Gasteiger partial charge in [0.05, 0.1) is 18.5 Å². The SMILES string of the molecule is Cc1cc(C)n(CCCNCc2occc2C)n1. The maximum absolute atomic E-state index is 5.37. The Morgan fingerprint density at radius 2 is 2.17 bits per heavy atom. The Labute approximate surface area is 108 Å². The first-order chi connectivity index (χ1) is 8.66. The van der Waals surface area contributed by atoms with Gasteiger partial charge in [0, 0.05) is 12.2 Å². The van der Waals surface area contributed by atoms with Crippen LogP contribution in [0.25, 0.3) is 0 Å². The van der Waals surface area contributed by atoms with E-state index in [0.717, 1.165) is 37.5 Å². The Kier molecular flexibility index (Phi) is 4.20. The summed E-state index contributed by atoms with van der Waals surface area (Å²) in [5.41, 5.74) is 3.53. The van der Waals surface area contributed by atoms with Crippen LogP contribution in [0.4, 0.5) is 0 Å². The molecule has 0 aliphatic carbocycles. The van der Waals surface area contributed by atoms with Gasteiger partial charge in [0.2, 0.25) is 0 Å². The Balaban J connectivity index is 1.67. The van der Waals surface area contributed by atoms with Gasteiger partial charge < -0.3 is 9.73 Å². The zero-order valence-corrected chi connectivity index (χ0v) is 11.4. The molecule has 0 aliphatic heterocycles. The standard InChI is InChI=1S/C14H21N3O/c1-11-5-8-18-14(11)10-15-6-4-7-17-13(3)9-12(2)16-17/h5,8-9,15H,4,6-7,10H2,1-3H3. The number of aryl methyl sites for hydroxylation is 4. The van der Waals surface area contributed by atoms with E-state index >= 15 is 0 Å². The molecule has 0 fully saturated rings. The monoisotopic (exact) mass is 247 g/mol. The minimum Gasteiger partial charge on any atom is -0.468 e. The topological polar surface area (TPSA) is 43.0 Å². The molecule has 98 valence electrons. The van der Waals surface area contributed by atoms with Crippen LogP contribution < -0.4 is 5.32 Å². The molecule has 18 heavy (non-hydrogen) atoms. The van der Waals surface area contributed by atoms with Crippen LogP contribution in [0.5, 0.6) is 0 Å². The number of nitrogens with zero attached hydrogens (tertiary/aromatic N) is 2. The maximum Gasteiger partial charge on any atom is 0.120 e. The second kappa shape index (κ2) is 5.87. The van der Waals surface area contributed by atoms with Gasteiger partial charge >= 0.3 is 0 Å². The normalized spacial score (nSPS) is 11.1. The molecule has 0 radical (unpaired) electrons. The fraction of sp³-hybridized carbons (Fsp3) is 0.500. The van der Waals surface area contributed by atoms with Crippen LogP contribution in [0.15, 0.2) is 22.8 Å². The lowest BCUT2D eigenvalue weighted by Crippen LogP contribution is -2.17. The summed E-state index contributed by atoms with van der Waals surface area (Å²) in [5, 5.41) is 7.83. The minimum absolute atomic E-state index is 0.802. The van der Waals surface area contributed by atoms with E-state index in [1.54, 1.807) is 6.26 Å². The highest BCUT2D eigenvalue weighted by Gasteiger charge is 2.02. The summed E-state index contributed by atoms with van der Waals surface area (Å²) in [7, 11) is 0. The molecule has 0 unspecified atom stereocenters. The van der Waals surface area contributed by atoms with Gasteiger partial charge in [-0.1, -0.05) is 0 Å². The van der Waals surface area contributed by atoms with E-state index in [2.05, 4.69) is 35.0 Å². The maximum atomic E-state index is 5.37. The van der Waals surface area contributed by atoms with E-state index < -0.39 is 0 Å². The summed E-state index contributed by atoms with van der Waals surface area (Å²) in [5.74, 6) is 1.03. The van der Waals surface area contributed by atoms with Gasteiger partial charge in [-0.3, -0.25) is 4.68 Å². The average Bonchev–Trinajstić information content (AvgIpc) is 2.86. The van der Waals surface area contributed by atoms with Crippen molar-refractivity contribution >= 4 is 0 Å². The third-order valence-corrected chi connectivity index (χ3v) is 3.08. The number of hydrogen-bond donors (Lipinski definition) is 1. The van der Waals surface area contributed by atoms with Crippen molar-refractivity contribution in [3.05, 3.63) is 41.1 Å². The summed E-state index contributed by atoms with van der Waals surface area (Å²) in [6.07, 6.45) is 2.81. The Morgan fingerprint density at radius 1 is 1.33 bits per heavy atom. The summed E-state index contributed by atoms with van der Waals surface area (Å²) in [6.45, 7) is 8.93. The van der Waals surface area contributed by atoms with Crippen molar-refractivity contribution in [2.75, 3.05) is 6.54 Å². The van der Waals surface area contributed by atoms with E-state index in [9.17, 15) is 0 Å².